The van der Waals surface area contributed by atoms with Gasteiger partial charge in [0.05, 0.1) is 6.04 Å². The van der Waals surface area contributed by atoms with Crippen LogP contribution in [0.25, 0.3) is 0 Å². The third-order valence-electron chi connectivity index (χ3n) is 5.94. The first-order chi connectivity index (χ1) is 15.2. The molecule has 5 rings (SSSR count). The number of carbonyl (C=O) groups excluding carboxylic acids is 2. The highest BCUT2D eigenvalue weighted by atomic mass is 32.1. The van der Waals surface area contributed by atoms with E-state index in [-0.39, 0.29) is 17.9 Å². The van der Waals surface area contributed by atoms with E-state index in [0.717, 1.165) is 24.8 Å². The number of carbonyl (C=O) groups is 2. The van der Waals surface area contributed by atoms with Crippen molar-refractivity contribution in [1.29, 1.82) is 0 Å². The first-order valence-corrected chi connectivity index (χ1v) is 11.5. The second-order valence-corrected chi connectivity index (χ2v) is 8.93. The zero-order chi connectivity index (χ0) is 21.2. The van der Waals surface area contributed by atoms with Crippen LogP contribution in [-0.2, 0) is 16.0 Å². The Kier molecular flexibility index (Phi) is 5.57. The maximum absolute atomic E-state index is 13.6. The number of benzene rings is 2. The number of fused-ring (bicyclic) bond motifs is 1. The molecular weight excluding hydrogens is 408 g/mol. The molecule has 0 aliphatic carbocycles. The van der Waals surface area contributed by atoms with Crippen molar-refractivity contribution in [1.82, 2.24) is 4.90 Å². The Morgan fingerprint density at radius 1 is 1.06 bits per heavy atom. The van der Waals surface area contributed by atoms with Gasteiger partial charge in [-0.1, -0.05) is 36.4 Å². The van der Waals surface area contributed by atoms with Crippen LogP contribution in [-0.4, -0.2) is 36.0 Å². The van der Waals surface area contributed by atoms with Crippen molar-refractivity contribution >= 4 is 28.8 Å². The van der Waals surface area contributed by atoms with E-state index < -0.39 is 6.10 Å². The first-order valence-electron chi connectivity index (χ1n) is 10.7. The summed E-state index contributed by atoms with van der Waals surface area (Å²) in [5.41, 5.74) is 3.51. The Hall–Kier alpha value is -2.96. The number of amides is 2. The smallest absolute Gasteiger partial charge is 0.254 e. The first kappa shape index (κ1) is 20.0. The average molecular weight is 433 g/mol. The normalized spacial score (nSPS) is 20.3. The third kappa shape index (κ3) is 4.01. The van der Waals surface area contributed by atoms with Crippen molar-refractivity contribution in [3.8, 4) is 0 Å². The topological polar surface area (TPSA) is 58.6 Å². The molecule has 1 saturated heterocycles. The number of ether oxygens (including phenoxy) is 1. The Bertz CT molecular complexity index is 1090. The molecule has 3 aromatic rings. The average Bonchev–Trinajstić information content (AvgIpc) is 3.51. The van der Waals surface area contributed by atoms with Crippen LogP contribution in [0.1, 0.15) is 45.2 Å². The van der Waals surface area contributed by atoms with E-state index in [4.69, 9.17) is 4.74 Å². The fourth-order valence-corrected chi connectivity index (χ4v) is 5.34. The molecule has 2 amide bonds. The third-order valence-corrected chi connectivity index (χ3v) is 6.94. The molecule has 1 N–H and O–H groups in total. The maximum Gasteiger partial charge on any atom is 0.254 e. The van der Waals surface area contributed by atoms with Gasteiger partial charge in [0.1, 0.15) is 6.10 Å². The summed E-state index contributed by atoms with van der Waals surface area (Å²) in [6, 6.07) is 19.4. The molecule has 2 atom stereocenters. The van der Waals surface area contributed by atoms with Crippen molar-refractivity contribution in [3.63, 3.8) is 0 Å². The van der Waals surface area contributed by atoms with E-state index in [1.165, 1.54) is 10.4 Å². The number of hydrogen-bond acceptors (Lipinski definition) is 4. The summed E-state index contributed by atoms with van der Waals surface area (Å²) in [5.74, 6) is -0.177. The van der Waals surface area contributed by atoms with E-state index in [0.29, 0.717) is 24.4 Å². The molecular formula is C25H24N2O3S. The van der Waals surface area contributed by atoms with E-state index in [2.05, 4.69) is 28.9 Å². The molecule has 2 aromatic carbocycles. The van der Waals surface area contributed by atoms with Crippen LogP contribution >= 0.6 is 11.3 Å². The molecule has 1 aromatic heterocycles. The van der Waals surface area contributed by atoms with E-state index in [1.54, 1.807) is 17.4 Å². The molecule has 5 nitrogen and oxygen atoms in total. The van der Waals surface area contributed by atoms with E-state index >= 15 is 0 Å². The minimum absolute atomic E-state index is 0.0288. The van der Waals surface area contributed by atoms with Crippen LogP contribution in [0, 0.1) is 0 Å². The Morgan fingerprint density at radius 2 is 1.94 bits per heavy atom. The number of rotatable bonds is 4. The van der Waals surface area contributed by atoms with Gasteiger partial charge in [-0.2, -0.15) is 0 Å². The summed E-state index contributed by atoms with van der Waals surface area (Å²) in [6.07, 6.45) is 2.09. The summed E-state index contributed by atoms with van der Waals surface area (Å²) >= 11 is 1.76. The lowest BCUT2D eigenvalue weighted by Gasteiger charge is -2.36. The number of nitrogens with one attached hydrogen (secondary N) is 1. The molecule has 0 saturated carbocycles. The fraction of sp³-hybridized carbons (Fsp3) is 0.280. The van der Waals surface area contributed by atoms with Crippen LogP contribution < -0.4 is 5.32 Å². The van der Waals surface area contributed by atoms with E-state index in [9.17, 15) is 9.59 Å². The molecule has 158 valence electrons. The molecule has 6 heteroatoms. The van der Waals surface area contributed by atoms with Crippen LogP contribution in [0.4, 0.5) is 5.69 Å². The lowest BCUT2D eigenvalue weighted by molar-refractivity contribution is -0.124. The van der Waals surface area contributed by atoms with Crippen molar-refractivity contribution in [2.24, 2.45) is 0 Å². The standard InChI is InChI=1S/C25H24N2O3S/c28-24(21-10-5-14-30-21)26-19-9-4-8-18(16-19)25(29)27-13-11-22-20(12-15-31-22)23(27)17-6-2-1-3-7-17/h1-4,6-9,12,15-16,21,23H,5,10-11,13-14H2,(H,26,28)/t21-,23+/m1/s1. The van der Waals surface area contributed by atoms with Crippen molar-refractivity contribution in [2.45, 2.75) is 31.4 Å². The van der Waals surface area contributed by atoms with Gasteiger partial charge >= 0.3 is 0 Å². The second kappa shape index (κ2) is 8.65. The van der Waals surface area contributed by atoms with Gasteiger partial charge in [-0.05, 0) is 60.0 Å². The SMILES string of the molecule is O=C(Nc1cccc(C(=O)N2CCc3sccc3[C@@H]2c2ccccc2)c1)[C@H]1CCCO1. The maximum atomic E-state index is 13.6. The Morgan fingerprint density at radius 3 is 2.74 bits per heavy atom. The highest BCUT2D eigenvalue weighted by Crippen LogP contribution is 2.38. The number of hydrogen-bond donors (Lipinski definition) is 1. The molecule has 3 heterocycles. The summed E-state index contributed by atoms with van der Waals surface area (Å²) in [5, 5.41) is 5.01. The van der Waals surface area contributed by atoms with Gasteiger partial charge in [-0.3, -0.25) is 9.59 Å². The summed E-state index contributed by atoms with van der Waals surface area (Å²) in [6.45, 7) is 1.29. The van der Waals surface area contributed by atoms with Gasteiger partial charge in [0.25, 0.3) is 11.8 Å². The van der Waals surface area contributed by atoms with Crippen LogP contribution in [0.15, 0.2) is 66.0 Å². The molecule has 0 spiro atoms. The summed E-state index contributed by atoms with van der Waals surface area (Å²) in [4.78, 5) is 29.3. The van der Waals surface area contributed by atoms with Crippen LogP contribution in [0.3, 0.4) is 0 Å². The largest absolute Gasteiger partial charge is 0.368 e. The van der Waals surface area contributed by atoms with Crippen molar-refractivity contribution in [3.05, 3.63) is 87.6 Å². The summed E-state index contributed by atoms with van der Waals surface area (Å²) < 4.78 is 5.46. The van der Waals surface area contributed by atoms with Crippen molar-refractivity contribution in [2.75, 3.05) is 18.5 Å². The Labute approximate surface area is 185 Å². The molecule has 31 heavy (non-hydrogen) atoms. The lowest BCUT2D eigenvalue weighted by Crippen LogP contribution is -2.40. The fourth-order valence-electron chi connectivity index (χ4n) is 4.43. The van der Waals surface area contributed by atoms with Gasteiger partial charge in [0.15, 0.2) is 0 Å². The minimum Gasteiger partial charge on any atom is -0.368 e. The minimum atomic E-state index is -0.402. The lowest BCUT2D eigenvalue weighted by atomic mass is 9.92. The van der Waals surface area contributed by atoms with E-state index in [1.807, 2.05) is 41.3 Å². The predicted octanol–water partition coefficient (Wildman–Crippen LogP) is 4.65. The van der Waals surface area contributed by atoms with Gasteiger partial charge in [0.2, 0.25) is 0 Å². The van der Waals surface area contributed by atoms with Crippen LogP contribution in [0.2, 0.25) is 0 Å². The zero-order valence-corrected chi connectivity index (χ0v) is 17.9. The molecule has 1 fully saturated rings. The predicted molar refractivity (Wildman–Crippen MR) is 121 cm³/mol. The zero-order valence-electron chi connectivity index (χ0n) is 17.1. The van der Waals surface area contributed by atoms with Gasteiger partial charge < -0.3 is 15.0 Å². The van der Waals surface area contributed by atoms with Gasteiger partial charge in [-0.25, -0.2) is 0 Å². The highest BCUT2D eigenvalue weighted by Gasteiger charge is 2.33. The van der Waals surface area contributed by atoms with Gasteiger partial charge in [-0.15, -0.1) is 11.3 Å². The summed E-state index contributed by atoms with van der Waals surface area (Å²) in [7, 11) is 0. The molecule has 0 radical (unpaired) electrons. The number of anilines is 1. The number of nitrogens with zero attached hydrogens (tertiary/aromatic N) is 1. The molecule has 0 bridgehead atoms. The number of thiophene rings is 1. The second-order valence-electron chi connectivity index (χ2n) is 7.93. The van der Waals surface area contributed by atoms with Crippen molar-refractivity contribution < 1.29 is 14.3 Å². The highest BCUT2D eigenvalue weighted by molar-refractivity contribution is 7.10. The van der Waals surface area contributed by atoms with Crippen LogP contribution in [0.5, 0.6) is 0 Å². The van der Waals surface area contributed by atoms with Gasteiger partial charge in [0, 0.05) is 29.3 Å². The Balaban J connectivity index is 1.42. The quantitative estimate of drug-likeness (QED) is 0.653. The monoisotopic (exact) mass is 432 g/mol. The molecule has 2 aliphatic rings. The molecule has 2 aliphatic heterocycles. The molecule has 0 unspecified atom stereocenters.